The zero-order chi connectivity index (χ0) is 24.2. The molecule has 5 rings (SSSR count). The normalized spacial score (nSPS) is 30.1. The summed E-state index contributed by atoms with van der Waals surface area (Å²) in [5, 5.41) is 3.61. The van der Waals surface area contributed by atoms with Gasteiger partial charge in [-0.2, -0.15) is 0 Å². The number of benzene rings is 1. The maximum Gasteiger partial charge on any atom is 0.226 e. The van der Waals surface area contributed by atoms with Crippen molar-refractivity contribution in [2.45, 2.75) is 84.5 Å². The summed E-state index contributed by atoms with van der Waals surface area (Å²) in [4.78, 5) is 31.2. The lowest BCUT2D eigenvalue weighted by molar-refractivity contribution is -0.129. The second kappa shape index (κ2) is 8.78. The molecule has 5 atom stereocenters. The fourth-order valence-electron chi connectivity index (χ4n) is 7.39. The van der Waals surface area contributed by atoms with Crippen LogP contribution < -0.4 is 11.1 Å². The Morgan fingerprint density at radius 3 is 2.82 bits per heavy atom. The van der Waals surface area contributed by atoms with E-state index in [9.17, 15) is 9.59 Å². The van der Waals surface area contributed by atoms with Crippen LogP contribution in [0.5, 0.6) is 0 Å². The summed E-state index contributed by atoms with van der Waals surface area (Å²) < 4.78 is 0. The van der Waals surface area contributed by atoms with Crippen LogP contribution in [0.2, 0.25) is 0 Å². The average Bonchev–Trinajstić information content (AvgIpc) is 3.30. The van der Waals surface area contributed by atoms with Crippen molar-refractivity contribution < 1.29 is 9.59 Å². The van der Waals surface area contributed by atoms with Gasteiger partial charge in [0.05, 0.1) is 0 Å². The molecule has 1 amide bonds. The van der Waals surface area contributed by atoms with Gasteiger partial charge in [0.1, 0.15) is 5.78 Å². The van der Waals surface area contributed by atoms with Crippen molar-refractivity contribution in [3.63, 3.8) is 0 Å². The molecule has 2 fully saturated rings. The van der Waals surface area contributed by atoms with Gasteiger partial charge >= 0.3 is 0 Å². The highest BCUT2D eigenvalue weighted by molar-refractivity contribution is 7.15. The van der Waals surface area contributed by atoms with Crippen LogP contribution >= 0.6 is 11.3 Å². The third-order valence-electron chi connectivity index (χ3n) is 9.00. The van der Waals surface area contributed by atoms with Gasteiger partial charge in [0.25, 0.3) is 0 Å². The number of nitrogens with zero attached hydrogens (tertiary/aromatic N) is 1. The van der Waals surface area contributed by atoms with Crippen LogP contribution in [-0.4, -0.2) is 16.7 Å². The van der Waals surface area contributed by atoms with Gasteiger partial charge in [-0.15, -0.1) is 11.3 Å². The molecule has 182 valence electrons. The predicted molar refractivity (Wildman–Crippen MR) is 138 cm³/mol. The lowest BCUT2D eigenvalue weighted by atomic mass is 9.54. The number of aryl methyl sites for hydroxylation is 2. The molecule has 3 aliphatic rings. The minimum atomic E-state index is -0.235. The Hall–Kier alpha value is -2.21. The highest BCUT2D eigenvalue weighted by Crippen LogP contribution is 2.62. The number of aromatic nitrogens is 1. The Bertz CT molecular complexity index is 1120. The number of hydrogen-bond acceptors (Lipinski definition) is 5. The molecule has 5 nitrogen and oxygen atoms in total. The fourth-order valence-corrected chi connectivity index (χ4v) is 8.07. The van der Waals surface area contributed by atoms with Gasteiger partial charge in [-0.25, -0.2) is 4.98 Å². The first-order chi connectivity index (χ1) is 16.2. The highest BCUT2D eigenvalue weighted by Gasteiger charge is 2.58. The Kier molecular flexibility index (Phi) is 6.07. The third kappa shape index (κ3) is 3.98. The number of anilines is 2. The zero-order valence-electron chi connectivity index (χ0n) is 20.8. The Balaban J connectivity index is 1.36. The van der Waals surface area contributed by atoms with Crippen LogP contribution in [-0.2, 0) is 16.0 Å². The average molecular weight is 480 g/mol. The standard InChI is InChI=1S/C28H37N3O2S/c1-15(2)21-13-22-17(11-23(21)29)5-7-20-19(22)9-10-28(4)24(32)12-18(26(20)28)6-8-25(33)31-27-30-14-16(3)34-27/h11,13-15,18-20,26H,5-10,12,29H2,1-4H3,(H,30,31,33)/t18-,19?,20?,26?,28?/m1/s1. The summed E-state index contributed by atoms with van der Waals surface area (Å²) in [6, 6.07) is 4.60. The van der Waals surface area contributed by atoms with Crippen molar-refractivity contribution in [2.75, 3.05) is 11.1 Å². The number of nitrogen functional groups attached to an aromatic ring is 1. The molecule has 0 saturated heterocycles. The van der Waals surface area contributed by atoms with Crippen LogP contribution in [0.15, 0.2) is 18.3 Å². The van der Waals surface area contributed by atoms with Crippen molar-refractivity contribution in [2.24, 2.45) is 23.2 Å². The third-order valence-corrected chi connectivity index (χ3v) is 9.83. The largest absolute Gasteiger partial charge is 0.398 e. The molecule has 0 radical (unpaired) electrons. The zero-order valence-corrected chi connectivity index (χ0v) is 21.6. The number of carbonyl (C=O) groups is 2. The van der Waals surface area contributed by atoms with Crippen molar-refractivity contribution in [3.8, 4) is 0 Å². The van der Waals surface area contributed by atoms with Gasteiger partial charge in [-0.3, -0.25) is 9.59 Å². The maximum absolute atomic E-state index is 13.3. The molecule has 4 unspecified atom stereocenters. The van der Waals surface area contributed by atoms with Crippen LogP contribution in [0.3, 0.4) is 0 Å². The van der Waals surface area contributed by atoms with E-state index in [1.807, 2.05) is 6.92 Å². The van der Waals surface area contributed by atoms with Gasteiger partial charge in [0.15, 0.2) is 5.13 Å². The number of nitrogens with two attached hydrogens (primary N) is 1. The summed E-state index contributed by atoms with van der Waals surface area (Å²) in [5.41, 5.74) is 11.2. The number of fused-ring (bicyclic) bond motifs is 5. The smallest absolute Gasteiger partial charge is 0.226 e. The summed E-state index contributed by atoms with van der Waals surface area (Å²) in [6.07, 6.45) is 7.82. The number of thiazole rings is 1. The van der Waals surface area contributed by atoms with Gasteiger partial charge < -0.3 is 11.1 Å². The summed E-state index contributed by atoms with van der Waals surface area (Å²) in [5.74, 6) is 2.49. The van der Waals surface area contributed by atoms with E-state index in [1.54, 1.807) is 6.20 Å². The number of carbonyl (C=O) groups excluding carboxylic acids is 2. The molecule has 1 aromatic carbocycles. The van der Waals surface area contributed by atoms with Crippen LogP contribution in [0.4, 0.5) is 10.8 Å². The lowest BCUT2D eigenvalue weighted by Crippen LogP contribution is -2.44. The molecule has 6 heteroatoms. The Morgan fingerprint density at radius 2 is 2.12 bits per heavy atom. The molecule has 0 spiro atoms. The van der Waals surface area contributed by atoms with Crippen LogP contribution in [0.1, 0.15) is 92.7 Å². The van der Waals surface area contributed by atoms with E-state index in [1.165, 1.54) is 28.0 Å². The molecule has 2 saturated carbocycles. The molecule has 0 bridgehead atoms. The first-order valence-electron chi connectivity index (χ1n) is 12.8. The predicted octanol–water partition coefficient (Wildman–Crippen LogP) is 6.23. The molecule has 0 aliphatic heterocycles. The molecule has 3 N–H and O–H groups in total. The SMILES string of the molecule is Cc1cnc(NC(=O)CC[C@@H]2CC(=O)C3(C)CCC4c5cc(C(C)C)c(N)cc5CCC4C23)s1. The van der Waals surface area contributed by atoms with E-state index in [0.29, 0.717) is 47.4 Å². The van der Waals surface area contributed by atoms with Gasteiger partial charge in [0, 0.05) is 35.0 Å². The number of amides is 1. The summed E-state index contributed by atoms with van der Waals surface area (Å²) >= 11 is 1.50. The summed E-state index contributed by atoms with van der Waals surface area (Å²) in [7, 11) is 0. The van der Waals surface area contributed by atoms with E-state index < -0.39 is 0 Å². The topological polar surface area (TPSA) is 85.1 Å². The van der Waals surface area contributed by atoms with Crippen LogP contribution in [0, 0.1) is 30.1 Å². The molecule has 1 aromatic heterocycles. The van der Waals surface area contributed by atoms with Crippen molar-refractivity contribution in [3.05, 3.63) is 39.9 Å². The number of rotatable bonds is 5. The first-order valence-corrected chi connectivity index (χ1v) is 13.7. The Morgan fingerprint density at radius 1 is 1.32 bits per heavy atom. The molecule has 1 heterocycles. The maximum atomic E-state index is 13.3. The molecule has 2 aromatic rings. The first kappa shape index (κ1) is 23.5. The van der Waals surface area contributed by atoms with Gasteiger partial charge in [0.2, 0.25) is 5.91 Å². The van der Waals surface area contributed by atoms with E-state index in [-0.39, 0.29) is 17.2 Å². The number of hydrogen-bond donors (Lipinski definition) is 2. The van der Waals surface area contributed by atoms with E-state index in [4.69, 9.17) is 5.73 Å². The number of nitrogens with one attached hydrogen (secondary N) is 1. The highest BCUT2D eigenvalue weighted by atomic mass is 32.1. The number of Topliss-reactive ketones (excluding diaryl/α,β-unsaturated/α-hetero) is 1. The monoisotopic (exact) mass is 479 g/mol. The van der Waals surface area contributed by atoms with Crippen LogP contribution in [0.25, 0.3) is 0 Å². The lowest BCUT2D eigenvalue weighted by Gasteiger charge is -2.50. The van der Waals surface area contributed by atoms with E-state index in [2.05, 4.69) is 43.2 Å². The summed E-state index contributed by atoms with van der Waals surface area (Å²) in [6.45, 7) is 8.62. The quantitative estimate of drug-likeness (QED) is 0.498. The Labute approximate surface area is 206 Å². The molecular formula is C28H37N3O2S. The minimum Gasteiger partial charge on any atom is -0.398 e. The minimum absolute atomic E-state index is 0.00815. The molecule has 34 heavy (non-hydrogen) atoms. The van der Waals surface area contributed by atoms with Crippen molar-refractivity contribution in [1.82, 2.24) is 4.98 Å². The second-order valence-electron chi connectivity index (χ2n) is 11.4. The fraction of sp³-hybridized carbons (Fsp3) is 0.607. The van der Waals surface area contributed by atoms with E-state index >= 15 is 0 Å². The van der Waals surface area contributed by atoms with Crippen molar-refractivity contribution in [1.29, 1.82) is 0 Å². The van der Waals surface area contributed by atoms with Gasteiger partial charge in [-0.1, -0.05) is 26.8 Å². The number of ketones is 1. The molecule has 3 aliphatic carbocycles. The van der Waals surface area contributed by atoms with E-state index in [0.717, 1.165) is 42.7 Å². The van der Waals surface area contributed by atoms with Gasteiger partial charge in [-0.05, 0) is 91.4 Å². The second-order valence-corrected chi connectivity index (χ2v) is 12.6. The van der Waals surface area contributed by atoms with Crippen molar-refractivity contribution >= 4 is 33.8 Å². The molecular weight excluding hydrogens is 442 g/mol.